The minimum atomic E-state index is -0.436. The average Bonchev–Trinajstić information content (AvgIpc) is 3.03. The third-order valence-electron chi connectivity index (χ3n) is 3.96. The van der Waals surface area contributed by atoms with Gasteiger partial charge in [-0.15, -0.1) is 0 Å². The van der Waals surface area contributed by atoms with Crippen molar-refractivity contribution in [2.45, 2.75) is 13.5 Å². The van der Waals surface area contributed by atoms with E-state index in [1.165, 1.54) is 29.5 Å². The first-order chi connectivity index (χ1) is 13.6. The van der Waals surface area contributed by atoms with Crippen LogP contribution in [0.3, 0.4) is 0 Å². The fourth-order valence-electron chi connectivity index (χ4n) is 2.64. The first-order valence-electron chi connectivity index (χ1n) is 8.76. The molecule has 1 heterocycles. The number of carbonyl (C=O) groups is 1. The van der Waals surface area contributed by atoms with Gasteiger partial charge in [-0.25, -0.2) is 0 Å². The zero-order chi connectivity index (χ0) is 19.9. The van der Waals surface area contributed by atoms with Crippen LogP contribution in [-0.4, -0.2) is 28.6 Å². The van der Waals surface area contributed by atoms with Crippen molar-refractivity contribution in [2.24, 2.45) is 4.99 Å². The van der Waals surface area contributed by atoms with Crippen molar-refractivity contribution in [1.82, 2.24) is 4.57 Å². The van der Waals surface area contributed by atoms with E-state index in [4.69, 9.17) is 4.74 Å². The molecule has 144 valence electrons. The van der Waals surface area contributed by atoms with Crippen LogP contribution in [0.15, 0.2) is 59.6 Å². The number of fused-ring (bicyclic) bond motifs is 1. The fourth-order valence-corrected chi connectivity index (χ4v) is 3.73. The molecule has 0 unspecified atom stereocenters. The number of nitro benzene ring substituents is 1. The summed E-state index contributed by atoms with van der Waals surface area (Å²) in [6, 6.07) is 14.1. The molecule has 1 amide bonds. The predicted molar refractivity (Wildman–Crippen MR) is 109 cm³/mol. The number of benzene rings is 2. The molecule has 0 atom stereocenters. The number of nitrogens with zero attached hydrogens (tertiary/aromatic N) is 3. The van der Waals surface area contributed by atoms with E-state index in [9.17, 15) is 14.9 Å². The van der Waals surface area contributed by atoms with Crippen LogP contribution < -0.4 is 4.80 Å². The van der Waals surface area contributed by atoms with Gasteiger partial charge >= 0.3 is 0 Å². The van der Waals surface area contributed by atoms with Gasteiger partial charge in [-0.2, -0.15) is 4.99 Å². The minimum absolute atomic E-state index is 0.00700. The molecule has 2 aromatic carbocycles. The molecule has 0 aliphatic heterocycles. The predicted octanol–water partition coefficient (Wildman–Crippen LogP) is 3.79. The molecule has 8 heteroatoms. The second kappa shape index (κ2) is 9.20. The van der Waals surface area contributed by atoms with E-state index >= 15 is 0 Å². The number of non-ortho nitro benzene ring substituents is 1. The van der Waals surface area contributed by atoms with Gasteiger partial charge in [0.1, 0.15) is 0 Å². The number of thiazole rings is 1. The Morgan fingerprint density at radius 3 is 2.79 bits per heavy atom. The molecule has 0 fully saturated rings. The van der Waals surface area contributed by atoms with Crippen LogP contribution in [0.4, 0.5) is 5.69 Å². The van der Waals surface area contributed by atoms with Gasteiger partial charge in [0.25, 0.3) is 11.6 Å². The number of carbonyl (C=O) groups excluding carboxylic acids is 1. The SMILES string of the molecule is CCOCCn1c(=NC(=O)/C=C/c2ccccc2)sc2cc([N+](=O)[O-])ccc21. The molecular weight excluding hydrogens is 378 g/mol. The lowest BCUT2D eigenvalue weighted by atomic mass is 10.2. The maximum atomic E-state index is 12.3. The van der Waals surface area contributed by atoms with Crippen LogP contribution in [0, 0.1) is 10.1 Å². The van der Waals surface area contributed by atoms with Crippen molar-refractivity contribution in [3.8, 4) is 0 Å². The monoisotopic (exact) mass is 397 g/mol. The van der Waals surface area contributed by atoms with Crippen LogP contribution in [0.5, 0.6) is 0 Å². The molecule has 3 aromatic rings. The summed E-state index contributed by atoms with van der Waals surface area (Å²) in [6.45, 7) is 3.45. The Bertz CT molecular complexity index is 1080. The summed E-state index contributed by atoms with van der Waals surface area (Å²) in [4.78, 5) is 27.6. The van der Waals surface area contributed by atoms with E-state index in [0.717, 1.165) is 11.1 Å². The first-order valence-corrected chi connectivity index (χ1v) is 9.57. The van der Waals surface area contributed by atoms with Crippen LogP contribution >= 0.6 is 11.3 Å². The summed E-state index contributed by atoms with van der Waals surface area (Å²) in [6.07, 6.45) is 3.11. The summed E-state index contributed by atoms with van der Waals surface area (Å²) in [5.41, 5.74) is 1.70. The maximum absolute atomic E-state index is 12.3. The lowest BCUT2D eigenvalue weighted by Crippen LogP contribution is -2.19. The second-order valence-corrected chi connectivity index (χ2v) is 6.85. The molecule has 3 rings (SSSR count). The van der Waals surface area contributed by atoms with E-state index in [-0.39, 0.29) is 5.69 Å². The van der Waals surface area contributed by atoms with Gasteiger partial charge in [0.15, 0.2) is 4.80 Å². The second-order valence-electron chi connectivity index (χ2n) is 5.84. The van der Waals surface area contributed by atoms with Crippen molar-refractivity contribution >= 4 is 39.2 Å². The molecule has 28 heavy (non-hydrogen) atoms. The van der Waals surface area contributed by atoms with Crippen molar-refractivity contribution in [3.63, 3.8) is 0 Å². The third-order valence-corrected chi connectivity index (χ3v) is 5.01. The van der Waals surface area contributed by atoms with Crippen molar-refractivity contribution < 1.29 is 14.5 Å². The highest BCUT2D eigenvalue weighted by Gasteiger charge is 2.12. The lowest BCUT2D eigenvalue weighted by Gasteiger charge is -2.05. The quantitative estimate of drug-likeness (QED) is 0.263. The number of hydrogen-bond acceptors (Lipinski definition) is 5. The molecule has 0 bridgehead atoms. The van der Waals surface area contributed by atoms with Gasteiger partial charge in [0.05, 0.1) is 21.7 Å². The summed E-state index contributed by atoms with van der Waals surface area (Å²) in [5.74, 6) is -0.393. The molecule has 0 saturated carbocycles. The zero-order valence-corrected chi connectivity index (χ0v) is 16.1. The Morgan fingerprint density at radius 1 is 1.29 bits per heavy atom. The Balaban J connectivity index is 1.98. The van der Waals surface area contributed by atoms with Gasteiger partial charge in [-0.05, 0) is 24.6 Å². The smallest absolute Gasteiger partial charge is 0.272 e. The van der Waals surface area contributed by atoms with Crippen molar-refractivity contribution in [2.75, 3.05) is 13.2 Å². The lowest BCUT2D eigenvalue weighted by molar-refractivity contribution is -0.384. The summed E-state index contributed by atoms with van der Waals surface area (Å²) >= 11 is 1.25. The molecule has 0 radical (unpaired) electrons. The average molecular weight is 397 g/mol. The minimum Gasteiger partial charge on any atom is -0.380 e. The molecule has 0 N–H and O–H groups in total. The Morgan fingerprint density at radius 2 is 2.07 bits per heavy atom. The molecule has 0 saturated heterocycles. The molecule has 1 aromatic heterocycles. The number of ether oxygens (including phenoxy) is 1. The van der Waals surface area contributed by atoms with Gasteiger partial charge < -0.3 is 9.30 Å². The van der Waals surface area contributed by atoms with Crippen LogP contribution in [0.25, 0.3) is 16.3 Å². The standard InChI is InChI=1S/C20H19N3O4S/c1-2-27-13-12-22-17-10-9-16(23(25)26)14-18(17)28-20(22)21-19(24)11-8-15-6-4-3-5-7-15/h3-11,14H,2,12-13H2,1H3/b11-8+,21-20?. The number of rotatable bonds is 7. The Hall–Kier alpha value is -3.10. The maximum Gasteiger partial charge on any atom is 0.272 e. The molecule has 0 aliphatic rings. The molecule has 0 aliphatic carbocycles. The van der Waals surface area contributed by atoms with Crippen molar-refractivity contribution in [3.05, 3.63) is 75.1 Å². The van der Waals surface area contributed by atoms with Crippen molar-refractivity contribution in [1.29, 1.82) is 0 Å². The molecule has 0 spiro atoms. The van der Waals surface area contributed by atoms with Crippen LogP contribution in [0.1, 0.15) is 12.5 Å². The zero-order valence-electron chi connectivity index (χ0n) is 15.3. The Kier molecular flexibility index (Phi) is 6.46. The van der Waals surface area contributed by atoms with Gasteiger partial charge in [0.2, 0.25) is 0 Å². The summed E-state index contributed by atoms with van der Waals surface area (Å²) in [5, 5.41) is 11.0. The first kappa shape index (κ1) is 19.7. The topological polar surface area (TPSA) is 86.7 Å². The fraction of sp³-hybridized carbons (Fsp3) is 0.200. The van der Waals surface area contributed by atoms with E-state index < -0.39 is 10.8 Å². The highest BCUT2D eigenvalue weighted by molar-refractivity contribution is 7.16. The van der Waals surface area contributed by atoms with Gasteiger partial charge in [-0.3, -0.25) is 14.9 Å². The normalized spacial score (nSPS) is 12.1. The summed E-state index contributed by atoms with van der Waals surface area (Å²) in [7, 11) is 0. The van der Waals surface area contributed by atoms with E-state index in [2.05, 4.69) is 4.99 Å². The van der Waals surface area contributed by atoms with Gasteiger partial charge in [0, 0.05) is 31.4 Å². The molecule has 7 nitrogen and oxygen atoms in total. The van der Waals surface area contributed by atoms with Crippen LogP contribution in [0.2, 0.25) is 0 Å². The highest BCUT2D eigenvalue weighted by Crippen LogP contribution is 2.23. The van der Waals surface area contributed by atoms with E-state index in [0.29, 0.717) is 29.3 Å². The van der Waals surface area contributed by atoms with Crippen LogP contribution in [-0.2, 0) is 16.1 Å². The summed E-state index contributed by atoms with van der Waals surface area (Å²) < 4.78 is 7.97. The molecular formula is C20H19N3O4S. The van der Waals surface area contributed by atoms with Gasteiger partial charge in [-0.1, -0.05) is 41.7 Å². The van der Waals surface area contributed by atoms with E-state index in [1.807, 2.05) is 41.8 Å². The number of aromatic nitrogens is 1. The third kappa shape index (κ3) is 4.79. The number of nitro groups is 1. The van der Waals surface area contributed by atoms with E-state index in [1.54, 1.807) is 12.1 Å². The highest BCUT2D eigenvalue weighted by atomic mass is 32.1. The number of amides is 1. The number of hydrogen-bond donors (Lipinski definition) is 0. The Labute approximate surface area is 165 Å². The largest absolute Gasteiger partial charge is 0.380 e.